The van der Waals surface area contributed by atoms with Crippen LogP contribution in [0.1, 0.15) is 58.5 Å². The highest BCUT2D eigenvalue weighted by molar-refractivity contribution is 6.26. The molecule has 68 heavy (non-hydrogen) atoms. The topological polar surface area (TPSA) is 142 Å². The first-order chi connectivity index (χ1) is 33.2. The lowest BCUT2D eigenvalue weighted by Gasteiger charge is -2.29. The zero-order chi connectivity index (χ0) is 47.1. The Balaban J connectivity index is 1.04. The number of anilines is 3. The van der Waals surface area contributed by atoms with E-state index in [0.717, 1.165) is 76.6 Å². The van der Waals surface area contributed by atoms with Crippen LogP contribution in [-0.4, -0.2) is 130 Å². The van der Waals surface area contributed by atoms with E-state index in [4.69, 9.17) is 28.4 Å². The summed E-state index contributed by atoms with van der Waals surface area (Å²) in [5.74, 6) is 1.66. The highest BCUT2D eigenvalue weighted by Crippen LogP contribution is 2.37. The smallest absolute Gasteiger partial charge is 0.261 e. The Kier molecular flexibility index (Phi) is 14.4. The number of fused-ring (bicyclic) bond motifs is 6. The monoisotopic (exact) mass is 923 g/mol. The van der Waals surface area contributed by atoms with Crippen molar-refractivity contribution in [3.63, 3.8) is 0 Å². The van der Waals surface area contributed by atoms with Crippen LogP contribution in [-0.2, 0) is 14.2 Å². The van der Waals surface area contributed by atoms with Gasteiger partial charge in [-0.2, -0.15) is 0 Å². The third kappa shape index (κ3) is 9.82. The Morgan fingerprint density at radius 2 is 1.47 bits per heavy atom. The fraction of sp³-hybridized carbons (Fsp3) is 0.396. The lowest BCUT2D eigenvalue weighted by Crippen LogP contribution is -2.40. The van der Waals surface area contributed by atoms with Crippen molar-refractivity contribution in [1.29, 1.82) is 0 Å². The molecule has 2 unspecified atom stereocenters. The molecular weight excluding hydrogens is 863 g/mol. The average molecular weight is 924 g/mol. The molecule has 2 amide bonds. The summed E-state index contributed by atoms with van der Waals surface area (Å²) in [6.07, 6.45) is 3.38. The highest BCUT2D eigenvalue weighted by atomic mass is 16.5. The lowest BCUT2D eigenvalue weighted by molar-refractivity contribution is -0.0673. The average Bonchev–Trinajstić information content (AvgIpc) is 3.71. The van der Waals surface area contributed by atoms with Gasteiger partial charge in [0.15, 0.2) is 0 Å². The quantitative estimate of drug-likeness (QED) is 0.105. The minimum atomic E-state index is -0.301. The standard InChI is InChI=1S/C53H61N7O8/c1-6-59-52(61)39-10-8-9-38-43(18-14-40(51(38)39)53(59)62)60-34-42(55-56-60)37-13-17-45(50(33-37)68-30-29-63-5)58-24-27-66-48-31-35(3)11-15-41(48)54-21-19-46(64-7-2)47-20-22-57(23-26-65-47)44-16-12-36(4)32-49(44)67-28-25-58/h8-18,31-34,46-47,54H,6-7,19-30H2,1-5H3. The van der Waals surface area contributed by atoms with Crippen LogP contribution >= 0.6 is 0 Å². The van der Waals surface area contributed by atoms with Crippen LogP contribution in [0.3, 0.4) is 0 Å². The van der Waals surface area contributed by atoms with E-state index in [9.17, 15) is 9.59 Å². The minimum Gasteiger partial charge on any atom is -0.490 e. The predicted molar refractivity (Wildman–Crippen MR) is 263 cm³/mol. The van der Waals surface area contributed by atoms with Crippen molar-refractivity contribution in [3.05, 3.63) is 113 Å². The van der Waals surface area contributed by atoms with Crippen molar-refractivity contribution in [2.75, 3.05) is 101 Å². The number of ether oxygens (including phenoxy) is 6. The summed E-state index contributed by atoms with van der Waals surface area (Å²) in [5, 5.41) is 14.2. The zero-order valence-corrected chi connectivity index (χ0v) is 39.7. The number of carbonyl (C=O) groups is 2. The SMILES string of the molecule is CCOC1CCNc2ccc(C)cc2OCCN(c2ccc(-c3cn(-c4ccc5c6c(cccc46)C(=O)N(CC)C5=O)nn3)cc2OCCOC)CCOc2cc(C)ccc2N2CCOC1CC2. The first kappa shape index (κ1) is 46.4. The third-order valence-electron chi connectivity index (χ3n) is 12.9. The summed E-state index contributed by atoms with van der Waals surface area (Å²) in [5.41, 5.74) is 8.15. The van der Waals surface area contributed by atoms with Crippen molar-refractivity contribution in [3.8, 4) is 34.2 Å². The van der Waals surface area contributed by atoms with Gasteiger partial charge in [0, 0.05) is 67.4 Å². The Hall–Kier alpha value is -6.68. The molecule has 9 rings (SSSR count). The molecular formula is C53H61N7O8. The van der Waals surface area contributed by atoms with Crippen molar-refractivity contribution >= 4 is 39.6 Å². The second kappa shape index (κ2) is 21.1. The molecule has 15 nitrogen and oxygen atoms in total. The van der Waals surface area contributed by atoms with Crippen LogP contribution in [0.15, 0.2) is 91.1 Å². The summed E-state index contributed by atoms with van der Waals surface area (Å²) in [7, 11) is 1.65. The van der Waals surface area contributed by atoms with Gasteiger partial charge < -0.3 is 43.5 Å². The maximum atomic E-state index is 13.3. The van der Waals surface area contributed by atoms with Crippen molar-refractivity contribution < 1.29 is 38.0 Å². The molecule has 0 saturated carbocycles. The van der Waals surface area contributed by atoms with E-state index in [-0.39, 0.29) is 24.0 Å². The Morgan fingerprint density at radius 3 is 2.26 bits per heavy atom. The first-order valence-electron chi connectivity index (χ1n) is 23.8. The second-order valence-electron chi connectivity index (χ2n) is 17.3. The molecule has 1 N–H and O–H groups in total. The Bertz CT molecular complexity index is 2740. The van der Waals surface area contributed by atoms with Crippen LogP contribution in [0.4, 0.5) is 17.1 Å². The number of aromatic nitrogens is 3. The number of imide groups is 1. The summed E-state index contributed by atoms with van der Waals surface area (Å²) in [4.78, 5) is 32.6. The first-order valence-corrected chi connectivity index (χ1v) is 23.8. The molecule has 2 bridgehead atoms. The van der Waals surface area contributed by atoms with Gasteiger partial charge in [-0.05, 0) is 106 Å². The van der Waals surface area contributed by atoms with Crippen molar-refractivity contribution in [2.24, 2.45) is 0 Å². The van der Waals surface area contributed by atoms with E-state index >= 15 is 0 Å². The third-order valence-corrected chi connectivity index (χ3v) is 12.9. The van der Waals surface area contributed by atoms with E-state index in [2.05, 4.69) is 75.7 Å². The molecule has 356 valence electrons. The minimum absolute atomic E-state index is 0.0296. The van der Waals surface area contributed by atoms with Gasteiger partial charge in [0.05, 0.1) is 67.5 Å². The van der Waals surface area contributed by atoms with Gasteiger partial charge in [-0.25, -0.2) is 4.68 Å². The molecule has 1 saturated heterocycles. The van der Waals surface area contributed by atoms with Crippen LogP contribution in [0.2, 0.25) is 0 Å². The van der Waals surface area contributed by atoms with Gasteiger partial charge in [0.25, 0.3) is 11.8 Å². The van der Waals surface area contributed by atoms with E-state index < -0.39 is 0 Å². The second-order valence-corrected chi connectivity index (χ2v) is 17.3. The largest absolute Gasteiger partial charge is 0.490 e. The van der Waals surface area contributed by atoms with Crippen LogP contribution in [0, 0.1) is 13.8 Å². The fourth-order valence-electron chi connectivity index (χ4n) is 9.46. The molecule has 4 heterocycles. The molecule has 1 fully saturated rings. The van der Waals surface area contributed by atoms with E-state index in [1.807, 2.05) is 49.5 Å². The van der Waals surface area contributed by atoms with Crippen LogP contribution in [0.5, 0.6) is 17.2 Å². The van der Waals surface area contributed by atoms with Crippen molar-refractivity contribution in [1.82, 2.24) is 19.9 Å². The zero-order valence-electron chi connectivity index (χ0n) is 39.7. The van der Waals surface area contributed by atoms with Gasteiger partial charge in [-0.3, -0.25) is 14.5 Å². The molecule has 3 aliphatic heterocycles. The Labute approximate surface area is 397 Å². The normalized spacial score (nSPS) is 18.1. The maximum Gasteiger partial charge on any atom is 0.261 e. The van der Waals surface area contributed by atoms with Crippen LogP contribution < -0.4 is 29.3 Å². The highest BCUT2D eigenvalue weighted by Gasteiger charge is 2.33. The molecule has 0 radical (unpaired) electrons. The number of amides is 2. The van der Waals surface area contributed by atoms with Gasteiger partial charge in [-0.1, -0.05) is 35.5 Å². The lowest BCUT2D eigenvalue weighted by atomic mass is 9.93. The molecule has 15 heteroatoms. The number of carbonyl (C=O) groups excluding carboxylic acids is 2. The number of hydrogen-bond donors (Lipinski definition) is 1. The number of methoxy groups -OCH3 is 1. The molecule has 3 aliphatic rings. The molecule has 2 atom stereocenters. The number of nitrogens with one attached hydrogen (secondary N) is 1. The fourth-order valence-corrected chi connectivity index (χ4v) is 9.46. The van der Waals surface area contributed by atoms with Gasteiger partial charge >= 0.3 is 0 Å². The molecule has 6 aromatic rings. The molecule has 5 aromatic carbocycles. The molecule has 1 aromatic heterocycles. The maximum absolute atomic E-state index is 13.3. The number of rotatable bonds is 10. The number of benzene rings is 5. The van der Waals surface area contributed by atoms with Crippen LogP contribution in [0.25, 0.3) is 27.7 Å². The summed E-state index contributed by atoms with van der Waals surface area (Å²) >= 11 is 0. The van der Waals surface area contributed by atoms with E-state index in [1.54, 1.807) is 30.8 Å². The van der Waals surface area contributed by atoms with Gasteiger partial charge in [0.1, 0.15) is 42.8 Å². The summed E-state index contributed by atoms with van der Waals surface area (Å²) < 4.78 is 39.8. The predicted octanol–water partition coefficient (Wildman–Crippen LogP) is 8.13. The summed E-state index contributed by atoms with van der Waals surface area (Å²) in [6.45, 7) is 14.3. The van der Waals surface area contributed by atoms with Gasteiger partial charge in [0.2, 0.25) is 0 Å². The number of nitrogens with zero attached hydrogens (tertiary/aromatic N) is 6. The Morgan fingerprint density at radius 1 is 0.750 bits per heavy atom. The van der Waals surface area contributed by atoms with Crippen molar-refractivity contribution in [2.45, 2.75) is 52.7 Å². The van der Waals surface area contributed by atoms with E-state index in [0.29, 0.717) is 99.5 Å². The summed E-state index contributed by atoms with van der Waals surface area (Å²) in [6, 6.07) is 27.8. The van der Waals surface area contributed by atoms with E-state index in [1.165, 1.54) is 4.90 Å². The number of aryl methyl sites for hydroxylation is 2. The molecule has 0 aliphatic carbocycles. The van der Waals surface area contributed by atoms with Gasteiger partial charge in [-0.15, -0.1) is 5.10 Å². The molecule has 0 spiro atoms. The number of hydrogen-bond acceptors (Lipinski definition) is 13.